The third-order valence-corrected chi connectivity index (χ3v) is 3.91. The highest BCUT2D eigenvalue weighted by Crippen LogP contribution is 2.34. The first kappa shape index (κ1) is 13.6. The van der Waals surface area contributed by atoms with Crippen molar-refractivity contribution in [2.24, 2.45) is 5.92 Å². The maximum atomic E-state index is 5.83. The van der Waals surface area contributed by atoms with Crippen LogP contribution in [0.2, 0.25) is 0 Å². The lowest BCUT2D eigenvalue weighted by molar-refractivity contribution is 0.0772. The van der Waals surface area contributed by atoms with E-state index in [9.17, 15) is 0 Å². The van der Waals surface area contributed by atoms with Crippen LogP contribution in [0.5, 0.6) is 0 Å². The Balaban J connectivity index is 2.19. The lowest BCUT2D eigenvalue weighted by Gasteiger charge is -2.27. The Kier molecular flexibility index (Phi) is 4.78. The Bertz CT molecular complexity index is 364. The highest BCUT2D eigenvalue weighted by atomic mass is 16.5. The van der Waals surface area contributed by atoms with Crippen LogP contribution in [0.15, 0.2) is 12.3 Å². The molecule has 0 radical (unpaired) electrons. The Hall–Kier alpha value is -0.870. The standard InChI is InChI=1S/C14H25N3O/c1-4-9-17-12(6-8-16-17)14(15-3)11-7-10-18-13(11)5-2/h6,8,11,13-15H,4-5,7,9-10H2,1-3H3. The van der Waals surface area contributed by atoms with Crippen molar-refractivity contribution in [2.75, 3.05) is 13.7 Å². The molecule has 1 aromatic rings. The van der Waals surface area contributed by atoms with E-state index in [2.05, 4.69) is 35.0 Å². The molecule has 0 aliphatic carbocycles. The van der Waals surface area contributed by atoms with Gasteiger partial charge in [-0.1, -0.05) is 13.8 Å². The average molecular weight is 251 g/mol. The van der Waals surface area contributed by atoms with Crippen LogP contribution in [0.1, 0.15) is 44.8 Å². The summed E-state index contributed by atoms with van der Waals surface area (Å²) in [5.74, 6) is 0.562. The summed E-state index contributed by atoms with van der Waals surface area (Å²) in [6.07, 6.45) is 5.63. The molecule has 1 fully saturated rings. The number of nitrogens with one attached hydrogen (secondary N) is 1. The average Bonchev–Trinajstić information content (AvgIpc) is 3.01. The minimum atomic E-state index is 0.353. The van der Waals surface area contributed by atoms with Crippen LogP contribution in [0, 0.1) is 5.92 Å². The summed E-state index contributed by atoms with van der Waals surface area (Å²) in [5, 5.41) is 7.90. The molecule has 1 aliphatic rings. The van der Waals surface area contributed by atoms with Crippen molar-refractivity contribution in [3.63, 3.8) is 0 Å². The zero-order valence-electron chi connectivity index (χ0n) is 11.7. The number of aryl methyl sites for hydroxylation is 1. The van der Waals surface area contributed by atoms with Gasteiger partial charge in [-0.15, -0.1) is 0 Å². The lowest BCUT2D eigenvalue weighted by atomic mass is 9.89. The fourth-order valence-electron chi connectivity index (χ4n) is 3.05. The summed E-state index contributed by atoms with van der Waals surface area (Å²) < 4.78 is 7.96. The Morgan fingerprint density at radius 2 is 2.39 bits per heavy atom. The summed E-state index contributed by atoms with van der Waals surface area (Å²) in [4.78, 5) is 0. The van der Waals surface area contributed by atoms with Crippen LogP contribution in [-0.2, 0) is 11.3 Å². The first-order valence-corrected chi connectivity index (χ1v) is 7.12. The van der Waals surface area contributed by atoms with E-state index in [0.29, 0.717) is 18.1 Å². The molecule has 0 aromatic carbocycles. The highest BCUT2D eigenvalue weighted by Gasteiger charge is 2.35. The fourth-order valence-corrected chi connectivity index (χ4v) is 3.05. The Morgan fingerprint density at radius 1 is 1.56 bits per heavy atom. The third-order valence-electron chi connectivity index (χ3n) is 3.91. The lowest BCUT2D eigenvalue weighted by Crippen LogP contribution is -2.32. The van der Waals surface area contributed by atoms with Gasteiger partial charge in [0.05, 0.1) is 17.8 Å². The molecule has 3 atom stereocenters. The molecule has 4 heteroatoms. The van der Waals surface area contributed by atoms with Gasteiger partial charge in [-0.05, 0) is 32.4 Å². The molecule has 4 nitrogen and oxygen atoms in total. The van der Waals surface area contributed by atoms with E-state index >= 15 is 0 Å². The van der Waals surface area contributed by atoms with Gasteiger partial charge in [-0.25, -0.2) is 0 Å². The van der Waals surface area contributed by atoms with Crippen LogP contribution in [-0.4, -0.2) is 29.5 Å². The smallest absolute Gasteiger partial charge is 0.0620 e. The highest BCUT2D eigenvalue weighted by molar-refractivity contribution is 5.10. The summed E-state index contributed by atoms with van der Waals surface area (Å²) in [5.41, 5.74) is 1.30. The summed E-state index contributed by atoms with van der Waals surface area (Å²) in [6, 6.07) is 2.49. The van der Waals surface area contributed by atoms with E-state index in [0.717, 1.165) is 32.4 Å². The van der Waals surface area contributed by atoms with Gasteiger partial charge in [0.25, 0.3) is 0 Å². The van der Waals surface area contributed by atoms with Crippen molar-refractivity contribution in [3.05, 3.63) is 18.0 Å². The Labute approximate surface area is 110 Å². The fraction of sp³-hybridized carbons (Fsp3) is 0.786. The molecule has 0 saturated carbocycles. The van der Waals surface area contributed by atoms with Gasteiger partial charge in [0.15, 0.2) is 0 Å². The number of hydrogen-bond acceptors (Lipinski definition) is 3. The van der Waals surface area contributed by atoms with Crippen molar-refractivity contribution in [1.82, 2.24) is 15.1 Å². The monoisotopic (exact) mass is 251 g/mol. The predicted molar refractivity (Wildman–Crippen MR) is 72.5 cm³/mol. The molecule has 1 aliphatic heterocycles. The predicted octanol–water partition coefficient (Wildman–Crippen LogP) is 2.37. The molecular formula is C14H25N3O. The van der Waals surface area contributed by atoms with Crippen LogP contribution in [0.4, 0.5) is 0 Å². The second-order valence-electron chi connectivity index (χ2n) is 5.02. The first-order chi connectivity index (χ1) is 8.81. The normalized spacial score (nSPS) is 25.5. The SMILES string of the molecule is CCCn1nccc1C(NC)C1CCOC1CC. The first-order valence-electron chi connectivity index (χ1n) is 7.12. The second-order valence-corrected chi connectivity index (χ2v) is 5.02. The van der Waals surface area contributed by atoms with Gasteiger partial charge < -0.3 is 10.1 Å². The Morgan fingerprint density at radius 3 is 3.06 bits per heavy atom. The molecule has 1 saturated heterocycles. The molecule has 1 aromatic heterocycles. The van der Waals surface area contributed by atoms with Crippen LogP contribution in [0.25, 0.3) is 0 Å². The molecule has 2 heterocycles. The molecule has 0 spiro atoms. The molecule has 0 amide bonds. The van der Waals surface area contributed by atoms with E-state index in [1.807, 2.05) is 13.2 Å². The number of hydrogen-bond donors (Lipinski definition) is 1. The number of rotatable bonds is 6. The van der Waals surface area contributed by atoms with Crippen LogP contribution in [0.3, 0.4) is 0 Å². The van der Waals surface area contributed by atoms with Crippen molar-refractivity contribution >= 4 is 0 Å². The molecule has 3 unspecified atom stereocenters. The minimum absolute atomic E-state index is 0.353. The topological polar surface area (TPSA) is 39.1 Å². The van der Waals surface area contributed by atoms with Gasteiger partial charge in [-0.3, -0.25) is 4.68 Å². The van der Waals surface area contributed by atoms with Crippen LogP contribution < -0.4 is 5.32 Å². The zero-order valence-corrected chi connectivity index (χ0v) is 11.7. The minimum Gasteiger partial charge on any atom is -0.378 e. The van der Waals surface area contributed by atoms with Gasteiger partial charge in [-0.2, -0.15) is 5.10 Å². The quantitative estimate of drug-likeness (QED) is 0.843. The molecular weight excluding hydrogens is 226 g/mol. The summed E-state index contributed by atoms with van der Waals surface area (Å²) in [7, 11) is 2.04. The van der Waals surface area contributed by atoms with E-state index in [-0.39, 0.29) is 0 Å². The summed E-state index contributed by atoms with van der Waals surface area (Å²) >= 11 is 0. The molecule has 102 valence electrons. The van der Waals surface area contributed by atoms with Crippen molar-refractivity contribution in [2.45, 2.75) is 51.8 Å². The van der Waals surface area contributed by atoms with E-state index in [1.54, 1.807) is 0 Å². The number of ether oxygens (including phenoxy) is 1. The maximum Gasteiger partial charge on any atom is 0.0620 e. The number of nitrogens with zero attached hydrogens (tertiary/aromatic N) is 2. The molecule has 18 heavy (non-hydrogen) atoms. The summed E-state index contributed by atoms with van der Waals surface area (Å²) in [6.45, 7) is 6.28. The van der Waals surface area contributed by atoms with Crippen LogP contribution >= 0.6 is 0 Å². The zero-order chi connectivity index (χ0) is 13.0. The molecule has 1 N–H and O–H groups in total. The largest absolute Gasteiger partial charge is 0.378 e. The van der Waals surface area contributed by atoms with E-state index < -0.39 is 0 Å². The van der Waals surface area contributed by atoms with Gasteiger partial charge in [0.2, 0.25) is 0 Å². The van der Waals surface area contributed by atoms with Crippen molar-refractivity contribution in [1.29, 1.82) is 0 Å². The van der Waals surface area contributed by atoms with Gasteiger partial charge in [0.1, 0.15) is 0 Å². The van der Waals surface area contributed by atoms with Gasteiger partial charge in [0, 0.05) is 25.3 Å². The number of aromatic nitrogens is 2. The van der Waals surface area contributed by atoms with Crippen molar-refractivity contribution in [3.8, 4) is 0 Å². The third kappa shape index (κ3) is 2.59. The molecule has 2 rings (SSSR count). The second kappa shape index (κ2) is 6.34. The van der Waals surface area contributed by atoms with E-state index in [1.165, 1.54) is 5.69 Å². The molecule has 0 bridgehead atoms. The maximum absolute atomic E-state index is 5.83. The van der Waals surface area contributed by atoms with E-state index in [4.69, 9.17) is 4.74 Å². The van der Waals surface area contributed by atoms with Crippen molar-refractivity contribution < 1.29 is 4.74 Å². The van der Waals surface area contributed by atoms with Gasteiger partial charge >= 0.3 is 0 Å².